The van der Waals surface area contributed by atoms with Crippen LogP contribution in [0.4, 0.5) is 4.39 Å². The molecule has 2 aromatic carbocycles. The second-order valence-corrected chi connectivity index (χ2v) is 5.30. The summed E-state index contributed by atoms with van der Waals surface area (Å²) in [6, 6.07) is 11.9. The van der Waals surface area contributed by atoms with Gasteiger partial charge in [0.05, 0.1) is 17.7 Å². The van der Waals surface area contributed by atoms with E-state index in [1.54, 1.807) is 30.3 Å². The van der Waals surface area contributed by atoms with Crippen LogP contribution in [0.1, 0.15) is 35.2 Å². The Morgan fingerprint density at radius 3 is 2.52 bits per heavy atom. The first-order valence-electron chi connectivity index (χ1n) is 7.89. The molecule has 0 N–H and O–H groups in total. The van der Waals surface area contributed by atoms with Crippen LogP contribution in [0.15, 0.2) is 55.1 Å². The van der Waals surface area contributed by atoms with Gasteiger partial charge < -0.3 is 9.47 Å². The fourth-order valence-corrected chi connectivity index (χ4v) is 2.08. The fraction of sp³-hybridized carbons (Fsp3) is 0.200. The van der Waals surface area contributed by atoms with Crippen molar-refractivity contribution in [3.63, 3.8) is 0 Å². The van der Waals surface area contributed by atoms with Crippen LogP contribution in [0, 0.1) is 17.1 Å². The molecule has 0 atom stereocenters. The molecule has 128 valence electrons. The first kappa shape index (κ1) is 18.2. The maximum Gasteiger partial charge on any atom is 0.343 e. The molecule has 2 rings (SSSR count). The van der Waals surface area contributed by atoms with Crippen molar-refractivity contribution in [1.29, 1.82) is 5.26 Å². The number of esters is 1. The smallest absolute Gasteiger partial charge is 0.343 e. The molecule has 2 aromatic rings. The van der Waals surface area contributed by atoms with Crippen LogP contribution < -0.4 is 9.47 Å². The van der Waals surface area contributed by atoms with Crippen molar-refractivity contribution in [3.05, 3.63) is 72.1 Å². The number of unbranched alkanes of at least 4 members (excludes halogenated alkanes) is 2. The van der Waals surface area contributed by atoms with Gasteiger partial charge in [-0.15, -0.1) is 6.58 Å². The van der Waals surface area contributed by atoms with E-state index in [4.69, 9.17) is 14.7 Å². The molecule has 0 heterocycles. The molecule has 4 nitrogen and oxygen atoms in total. The molecular formula is C20H18FNO3. The molecule has 0 aliphatic carbocycles. The predicted octanol–water partition coefficient (Wildman–Crippen LogP) is 4.65. The Balaban J connectivity index is 1.90. The Labute approximate surface area is 146 Å². The number of hydrogen-bond acceptors (Lipinski definition) is 4. The molecule has 0 bridgehead atoms. The van der Waals surface area contributed by atoms with Crippen molar-refractivity contribution in [1.82, 2.24) is 0 Å². The van der Waals surface area contributed by atoms with Crippen LogP contribution in [-0.2, 0) is 0 Å². The highest BCUT2D eigenvalue weighted by Crippen LogP contribution is 2.19. The number of carbonyl (C=O) groups is 1. The molecule has 0 unspecified atom stereocenters. The highest BCUT2D eigenvalue weighted by atomic mass is 19.1. The summed E-state index contributed by atoms with van der Waals surface area (Å²) in [5, 5.41) is 8.69. The quantitative estimate of drug-likeness (QED) is 0.304. The summed E-state index contributed by atoms with van der Waals surface area (Å²) in [5.74, 6) is -0.627. The third-order valence-corrected chi connectivity index (χ3v) is 3.43. The van der Waals surface area contributed by atoms with E-state index in [2.05, 4.69) is 6.58 Å². The predicted molar refractivity (Wildman–Crippen MR) is 92.1 cm³/mol. The van der Waals surface area contributed by atoms with Gasteiger partial charge in [-0.2, -0.15) is 5.26 Å². The van der Waals surface area contributed by atoms with E-state index in [0.29, 0.717) is 17.9 Å². The Kier molecular flexibility index (Phi) is 6.73. The van der Waals surface area contributed by atoms with E-state index in [9.17, 15) is 9.18 Å². The normalized spacial score (nSPS) is 9.92. The zero-order valence-electron chi connectivity index (χ0n) is 13.7. The minimum absolute atomic E-state index is 0.0454. The topological polar surface area (TPSA) is 59.3 Å². The molecule has 0 aliphatic heterocycles. The number of hydrogen-bond donors (Lipinski definition) is 0. The summed E-state index contributed by atoms with van der Waals surface area (Å²) in [7, 11) is 0. The molecule has 0 radical (unpaired) electrons. The van der Waals surface area contributed by atoms with E-state index in [1.165, 1.54) is 12.1 Å². The van der Waals surface area contributed by atoms with E-state index < -0.39 is 11.8 Å². The van der Waals surface area contributed by atoms with Crippen molar-refractivity contribution in [3.8, 4) is 17.6 Å². The Hall–Kier alpha value is -3.13. The summed E-state index contributed by atoms with van der Waals surface area (Å²) >= 11 is 0. The second kappa shape index (κ2) is 9.24. The lowest BCUT2D eigenvalue weighted by molar-refractivity contribution is 0.0734. The van der Waals surface area contributed by atoms with Crippen molar-refractivity contribution >= 4 is 5.97 Å². The third kappa shape index (κ3) is 5.47. The lowest BCUT2D eigenvalue weighted by Gasteiger charge is -2.07. The number of benzene rings is 2. The van der Waals surface area contributed by atoms with Crippen LogP contribution in [0.2, 0.25) is 0 Å². The van der Waals surface area contributed by atoms with Gasteiger partial charge in [-0.25, -0.2) is 9.18 Å². The molecule has 25 heavy (non-hydrogen) atoms. The zero-order valence-corrected chi connectivity index (χ0v) is 13.7. The number of allylic oxidation sites excluding steroid dienone is 1. The van der Waals surface area contributed by atoms with Crippen LogP contribution in [-0.4, -0.2) is 12.6 Å². The van der Waals surface area contributed by atoms with Gasteiger partial charge in [0.25, 0.3) is 0 Å². The lowest BCUT2D eigenvalue weighted by Crippen LogP contribution is -2.08. The Morgan fingerprint density at radius 2 is 1.88 bits per heavy atom. The number of nitrogens with zero attached hydrogens (tertiary/aromatic N) is 1. The highest BCUT2D eigenvalue weighted by molar-refractivity contribution is 5.91. The first-order valence-corrected chi connectivity index (χ1v) is 7.89. The number of ether oxygens (including phenoxy) is 2. The summed E-state index contributed by atoms with van der Waals surface area (Å²) in [5.41, 5.74) is 0.221. The highest BCUT2D eigenvalue weighted by Gasteiger charge is 2.11. The standard InChI is InChI=1S/C20H18FNO3/c1-2-3-4-5-12-24-17-9-6-15(7-10-17)20(23)25-18-11-8-16(14-22)19(21)13-18/h2,6-11,13H,1,3-5,12H2. The van der Waals surface area contributed by atoms with Crippen molar-refractivity contribution < 1.29 is 18.7 Å². The van der Waals surface area contributed by atoms with Crippen LogP contribution >= 0.6 is 0 Å². The molecule has 0 spiro atoms. The minimum atomic E-state index is -0.729. The Bertz CT molecular complexity index is 779. The van der Waals surface area contributed by atoms with E-state index >= 15 is 0 Å². The molecule has 0 aromatic heterocycles. The van der Waals surface area contributed by atoms with E-state index in [1.807, 2.05) is 6.08 Å². The van der Waals surface area contributed by atoms with E-state index in [0.717, 1.165) is 25.3 Å². The van der Waals surface area contributed by atoms with Gasteiger partial charge in [-0.3, -0.25) is 0 Å². The lowest BCUT2D eigenvalue weighted by atomic mass is 10.2. The van der Waals surface area contributed by atoms with Gasteiger partial charge in [0.2, 0.25) is 0 Å². The van der Waals surface area contributed by atoms with Gasteiger partial charge in [-0.05, 0) is 55.7 Å². The van der Waals surface area contributed by atoms with Crippen LogP contribution in [0.25, 0.3) is 0 Å². The van der Waals surface area contributed by atoms with Crippen molar-refractivity contribution in [2.24, 2.45) is 0 Å². The zero-order chi connectivity index (χ0) is 18.1. The Morgan fingerprint density at radius 1 is 1.16 bits per heavy atom. The molecular weight excluding hydrogens is 321 g/mol. The molecule has 0 aliphatic rings. The summed E-state index contributed by atoms with van der Waals surface area (Å²) in [6.07, 6.45) is 4.79. The summed E-state index contributed by atoms with van der Waals surface area (Å²) in [6.45, 7) is 4.27. The maximum atomic E-state index is 13.5. The third-order valence-electron chi connectivity index (χ3n) is 3.43. The van der Waals surface area contributed by atoms with Gasteiger partial charge in [0.15, 0.2) is 0 Å². The maximum absolute atomic E-state index is 13.5. The second-order valence-electron chi connectivity index (χ2n) is 5.30. The number of carbonyl (C=O) groups excluding carboxylic acids is 1. The molecule has 0 fully saturated rings. The van der Waals surface area contributed by atoms with Crippen molar-refractivity contribution in [2.75, 3.05) is 6.61 Å². The van der Waals surface area contributed by atoms with Gasteiger partial charge in [0.1, 0.15) is 23.4 Å². The van der Waals surface area contributed by atoms with Gasteiger partial charge in [-0.1, -0.05) is 6.08 Å². The van der Waals surface area contributed by atoms with E-state index in [-0.39, 0.29) is 11.3 Å². The average molecular weight is 339 g/mol. The number of nitriles is 1. The minimum Gasteiger partial charge on any atom is -0.494 e. The molecule has 0 saturated heterocycles. The largest absolute Gasteiger partial charge is 0.494 e. The first-order chi connectivity index (χ1) is 12.1. The van der Waals surface area contributed by atoms with Crippen LogP contribution in [0.3, 0.4) is 0 Å². The fourth-order valence-electron chi connectivity index (χ4n) is 2.08. The molecule has 5 heteroatoms. The van der Waals surface area contributed by atoms with Crippen LogP contribution in [0.5, 0.6) is 11.5 Å². The monoisotopic (exact) mass is 339 g/mol. The molecule has 0 amide bonds. The number of halogens is 1. The summed E-state index contributed by atoms with van der Waals surface area (Å²) < 4.78 is 24.2. The average Bonchev–Trinajstić information content (AvgIpc) is 2.62. The SMILES string of the molecule is C=CCCCCOc1ccc(C(=O)Oc2ccc(C#N)c(F)c2)cc1. The van der Waals surface area contributed by atoms with Crippen molar-refractivity contribution in [2.45, 2.75) is 19.3 Å². The number of rotatable bonds is 8. The molecule has 0 saturated carbocycles. The van der Waals surface area contributed by atoms with Gasteiger partial charge >= 0.3 is 5.97 Å². The summed E-state index contributed by atoms with van der Waals surface area (Å²) in [4.78, 5) is 12.1. The van der Waals surface area contributed by atoms with Gasteiger partial charge in [0, 0.05) is 6.07 Å².